The van der Waals surface area contributed by atoms with E-state index in [4.69, 9.17) is 15.2 Å². The second-order valence-electron chi connectivity index (χ2n) is 4.84. The summed E-state index contributed by atoms with van der Waals surface area (Å²) < 4.78 is 37.7. The minimum absolute atomic E-state index is 0.0691. The third-order valence-electron chi connectivity index (χ3n) is 3.57. The first-order valence-corrected chi connectivity index (χ1v) is 7.95. The Hall–Kier alpha value is -1.31. The van der Waals surface area contributed by atoms with E-state index in [1.807, 2.05) is 0 Å². The van der Waals surface area contributed by atoms with Gasteiger partial charge in [0.2, 0.25) is 10.0 Å². The lowest BCUT2D eigenvalue weighted by Crippen LogP contribution is -2.40. The first-order valence-electron chi connectivity index (χ1n) is 6.46. The second-order valence-corrected chi connectivity index (χ2v) is 6.55. The number of hydrogen-bond donors (Lipinski definition) is 2. The summed E-state index contributed by atoms with van der Waals surface area (Å²) in [7, 11) is -0.514. The minimum atomic E-state index is -3.60. The highest BCUT2D eigenvalue weighted by molar-refractivity contribution is 7.89. The van der Waals surface area contributed by atoms with Crippen LogP contribution in [0.1, 0.15) is 19.3 Å². The monoisotopic (exact) mass is 300 g/mol. The molecule has 0 aliphatic heterocycles. The highest BCUT2D eigenvalue weighted by Gasteiger charge is 2.31. The zero-order valence-corrected chi connectivity index (χ0v) is 12.4. The number of anilines is 1. The highest BCUT2D eigenvalue weighted by Crippen LogP contribution is 2.26. The summed E-state index contributed by atoms with van der Waals surface area (Å²) in [6.07, 6.45) is 2.54. The molecule has 0 aromatic heterocycles. The second kappa shape index (κ2) is 5.99. The lowest BCUT2D eigenvalue weighted by molar-refractivity contribution is 0.0916. The summed E-state index contributed by atoms with van der Waals surface area (Å²) in [6.45, 7) is 0. The number of ether oxygens (including phenoxy) is 2. The zero-order chi connectivity index (χ0) is 14.8. The van der Waals surface area contributed by atoms with Crippen molar-refractivity contribution in [1.82, 2.24) is 4.72 Å². The van der Waals surface area contributed by atoms with Gasteiger partial charge >= 0.3 is 0 Å². The summed E-state index contributed by atoms with van der Waals surface area (Å²) in [5.41, 5.74) is 6.04. The first-order chi connectivity index (χ1) is 9.47. The van der Waals surface area contributed by atoms with Gasteiger partial charge in [0.25, 0.3) is 0 Å². The van der Waals surface area contributed by atoms with Crippen LogP contribution in [0.4, 0.5) is 5.69 Å². The predicted octanol–water partition coefficient (Wildman–Crippen LogP) is 1.12. The number of nitrogen functional groups attached to an aromatic ring is 1. The molecule has 2 rings (SSSR count). The summed E-state index contributed by atoms with van der Waals surface area (Å²) in [5.74, 6) is 0.458. The highest BCUT2D eigenvalue weighted by atomic mass is 32.2. The maximum Gasteiger partial charge on any atom is 0.240 e. The van der Waals surface area contributed by atoms with Crippen LogP contribution >= 0.6 is 0 Å². The Morgan fingerprint density at radius 3 is 2.65 bits per heavy atom. The van der Waals surface area contributed by atoms with Crippen LogP contribution < -0.4 is 15.2 Å². The van der Waals surface area contributed by atoms with Crippen molar-refractivity contribution < 1.29 is 17.9 Å². The quantitative estimate of drug-likeness (QED) is 0.795. The first kappa shape index (κ1) is 15.1. The van der Waals surface area contributed by atoms with Crippen LogP contribution in [0.2, 0.25) is 0 Å². The smallest absolute Gasteiger partial charge is 0.240 e. The van der Waals surface area contributed by atoms with E-state index >= 15 is 0 Å². The van der Waals surface area contributed by atoms with Gasteiger partial charge in [-0.3, -0.25) is 0 Å². The van der Waals surface area contributed by atoms with Gasteiger partial charge in [0.15, 0.2) is 0 Å². The van der Waals surface area contributed by atoms with E-state index in [-0.39, 0.29) is 17.0 Å². The molecule has 2 unspecified atom stereocenters. The van der Waals surface area contributed by atoms with Crippen molar-refractivity contribution in [2.45, 2.75) is 36.3 Å². The topological polar surface area (TPSA) is 90.7 Å². The lowest BCUT2D eigenvalue weighted by Gasteiger charge is -2.19. The van der Waals surface area contributed by atoms with Crippen molar-refractivity contribution in [3.63, 3.8) is 0 Å². The van der Waals surface area contributed by atoms with E-state index in [1.54, 1.807) is 13.2 Å². The zero-order valence-electron chi connectivity index (χ0n) is 11.6. The average Bonchev–Trinajstić information content (AvgIpc) is 2.85. The van der Waals surface area contributed by atoms with Crippen molar-refractivity contribution in [3.8, 4) is 5.75 Å². The molecule has 0 heterocycles. The number of nitrogens with one attached hydrogen (secondary N) is 1. The molecule has 20 heavy (non-hydrogen) atoms. The molecule has 0 bridgehead atoms. The number of methoxy groups -OCH3 is 2. The number of nitrogens with two attached hydrogens (primary N) is 1. The van der Waals surface area contributed by atoms with Crippen LogP contribution in [0.3, 0.4) is 0 Å². The molecule has 3 N–H and O–H groups in total. The minimum Gasteiger partial charge on any atom is -0.495 e. The largest absolute Gasteiger partial charge is 0.495 e. The molecule has 1 aliphatic carbocycles. The molecule has 0 saturated heterocycles. The van der Waals surface area contributed by atoms with Crippen LogP contribution in [0, 0.1) is 0 Å². The number of benzene rings is 1. The van der Waals surface area contributed by atoms with Crippen LogP contribution in [0.15, 0.2) is 23.1 Å². The van der Waals surface area contributed by atoms with Crippen LogP contribution in [-0.4, -0.2) is 34.8 Å². The van der Waals surface area contributed by atoms with Crippen molar-refractivity contribution in [2.75, 3.05) is 20.0 Å². The van der Waals surface area contributed by atoms with Gasteiger partial charge in [-0.25, -0.2) is 13.1 Å². The van der Waals surface area contributed by atoms with Crippen LogP contribution in [0.5, 0.6) is 5.75 Å². The molecule has 1 aliphatic rings. The molecule has 0 spiro atoms. The third-order valence-corrected chi connectivity index (χ3v) is 5.06. The lowest BCUT2D eigenvalue weighted by atomic mass is 10.2. The van der Waals surface area contributed by atoms with E-state index < -0.39 is 10.0 Å². The predicted molar refractivity (Wildman–Crippen MR) is 76.2 cm³/mol. The van der Waals surface area contributed by atoms with Gasteiger partial charge in [-0.1, -0.05) is 0 Å². The fraction of sp³-hybridized carbons (Fsp3) is 0.538. The van der Waals surface area contributed by atoms with E-state index in [1.165, 1.54) is 19.2 Å². The van der Waals surface area contributed by atoms with Crippen molar-refractivity contribution in [2.24, 2.45) is 0 Å². The molecule has 1 saturated carbocycles. The van der Waals surface area contributed by atoms with Gasteiger partial charge in [0.1, 0.15) is 5.75 Å². The Morgan fingerprint density at radius 2 is 2.05 bits per heavy atom. The Kier molecular flexibility index (Phi) is 4.52. The summed E-state index contributed by atoms with van der Waals surface area (Å²) >= 11 is 0. The third kappa shape index (κ3) is 3.05. The van der Waals surface area contributed by atoms with Gasteiger partial charge in [-0.05, 0) is 37.5 Å². The van der Waals surface area contributed by atoms with Gasteiger partial charge < -0.3 is 15.2 Å². The average molecular weight is 300 g/mol. The molecule has 2 atom stereocenters. The Morgan fingerprint density at radius 1 is 1.30 bits per heavy atom. The number of sulfonamides is 1. The van der Waals surface area contributed by atoms with Gasteiger partial charge in [0, 0.05) is 13.2 Å². The van der Waals surface area contributed by atoms with Crippen LogP contribution in [-0.2, 0) is 14.8 Å². The van der Waals surface area contributed by atoms with Crippen LogP contribution in [0.25, 0.3) is 0 Å². The van der Waals surface area contributed by atoms with Gasteiger partial charge in [-0.15, -0.1) is 0 Å². The SMILES string of the molecule is COc1ccc(S(=O)(=O)NC2CCCC2OC)cc1N. The molecule has 0 radical (unpaired) electrons. The summed E-state index contributed by atoms with van der Waals surface area (Å²) in [5, 5.41) is 0. The molecule has 6 nitrogen and oxygen atoms in total. The van der Waals surface area contributed by atoms with E-state index in [0.717, 1.165) is 19.3 Å². The van der Waals surface area contributed by atoms with Gasteiger partial charge in [-0.2, -0.15) is 0 Å². The molecular formula is C13H20N2O4S. The molecular weight excluding hydrogens is 280 g/mol. The normalized spacial score (nSPS) is 22.9. The maximum atomic E-state index is 12.3. The van der Waals surface area contributed by atoms with Crippen molar-refractivity contribution >= 4 is 15.7 Å². The standard InChI is InChI=1S/C13H20N2O4S/c1-18-12-7-6-9(8-10(12)14)20(16,17)15-11-4-3-5-13(11)19-2/h6-8,11,13,15H,3-5,14H2,1-2H3. The Balaban J connectivity index is 2.20. The van der Waals surface area contributed by atoms with E-state index in [0.29, 0.717) is 11.4 Å². The summed E-state index contributed by atoms with van der Waals surface area (Å²) in [4.78, 5) is 0.137. The molecule has 7 heteroatoms. The number of rotatable bonds is 5. The molecule has 112 valence electrons. The van der Waals surface area contributed by atoms with Crippen molar-refractivity contribution in [3.05, 3.63) is 18.2 Å². The molecule has 1 aromatic rings. The summed E-state index contributed by atoms with van der Waals surface area (Å²) in [6, 6.07) is 4.24. The van der Waals surface area contributed by atoms with Crippen molar-refractivity contribution in [1.29, 1.82) is 0 Å². The fourth-order valence-electron chi connectivity index (χ4n) is 2.49. The fourth-order valence-corrected chi connectivity index (χ4v) is 3.82. The van der Waals surface area contributed by atoms with E-state index in [2.05, 4.69) is 4.72 Å². The Labute approximate surface area is 119 Å². The Bertz CT molecular complexity index is 574. The maximum absolute atomic E-state index is 12.3. The molecule has 1 aromatic carbocycles. The molecule has 0 amide bonds. The number of hydrogen-bond acceptors (Lipinski definition) is 5. The van der Waals surface area contributed by atoms with Gasteiger partial charge in [0.05, 0.1) is 23.8 Å². The molecule has 1 fully saturated rings. The van der Waals surface area contributed by atoms with E-state index in [9.17, 15) is 8.42 Å².